The minimum absolute atomic E-state index is 0.117. The summed E-state index contributed by atoms with van der Waals surface area (Å²) in [6.07, 6.45) is 1.32. The Morgan fingerprint density at radius 3 is 2.47 bits per heavy atom. The van der Waals surface area contributed by atoms with Gasteiger partial charge >= 0.3 is 5.97 Å². The van der Waals surface area contributed by atoms with Crippen molar-refractivity contribution >= 4 is 14.3 Å². The van der Waals surface area contributed by atoms with Crippen LogP contribution in [0.25, 0.3) is 0 Å². The molecule has 0 spiro atoms. The van der Waals surface area contributed by atoms with Crippen molar-refractivity contribution in [2.45, 2.75) is 51.9 Å². The van der Waals surface area contributed by atoms with Gasteiger partial charge < -0.3 is 9.53 Å². The summed E-state index contributed by atoms with van der Waals surface area (Å²) in [4.78, 5) is 15.2. The molecule has 0 aliphatic heterocycles. The van der Waals surface area contributed by atoms with E-state index in [1.165, 1.54) is 12.3 Å². The molecular weight excluding hydrogens is 258 g/mol. The second-order valence-corrected chi connectivity index (χ2v) is 11.1. The molecule has 4 nitrogen and oxygen atoms in total. The predicted octanol–water partition coefficient (Wildman–Crippen LogP) is 3.86. The van der Waals surface area contributed by atoms with Crippen LogP contribution >= 0.6 is 0 Å². The van der Waals surface area contributed by atoms with Gasteiger partial charge in [-0.05, 0) is 37.2 Å². The van der Waals surface area contributed by atoms with E-state index in [1.54, 1.807) is 6.07 Å². The second kappa shape index (κ2) is 5.42. The number of aromatic carboxylic acids is 1. The van der Waals surface area contributed by atoms with E-state index in [2.05, 4.69) is 38.8 Å². The molecule has 1 N–H and O–H groups in total. The fourth-order valence-corrected chi connectivity index (χ4v) is 2.84. The summed E-state index contributed by atoms with van der Waals surface area (Å²) in [5.74, 6) is -0.942. The topological polar surface area (TPSA) is 59.4 Å². The predicted molar refractivity (Wildman–Crippen MR) is 77.9 cm³/mol. The molecule has 0 saturated carbocycles. The summed E-state index contributed by atoms with van der Waals surface area (Å²) in [5.41, 5.74) is 0.917. The van der Waals surface area contributed by atoms with Crippen LogP contribution in [0.15, 0.2) is 18.3 Å². The van der Waals surface area contributed by atoms with Crippen LogP contribution in [0.4, 0.5) is 0 Å². The first-order chi connectivity index (χ1) is 8.54. The minimum atomic E-state index is -1.88. The van der Waals surface area contributed by atoms with Gasteiger partial charge in [0.05, 0.1) is 17.4 Å². The molecule has 106 valence electrons. The fraction of sp³-hybridized carbons (Fsp3) is 0.571. The Balaban J connectivity index is 2.93. The summed E-state index contributed by atoms with van der Waals surface area (Å²) >= 11 is 0. The van der Waals surface area contributed by atoms with Gasteiger partial charge in [-0.15, -0.1) is 0 Å². The highest BCUT2D eigenvalue weighted by molar-refractivity contribution is 6.74. The van der Waals surface area contributed by atoms with Gasteiger partial charge in [-0.1, -0.05) is 20.8 Å². The maximum Gasteiger partial charge on any atom is 0.335 e. The molecule has 0 aliphatic carbocycles. The summed E-state index contributed by atoms with van der Waals surface area (Å²) in [5, 5.41) is 9.11. The quantitative estimate of drug-likeness (QED) is 0.851. The van der Waals surface area contributed by atoms with Gasteiger partial charge in [-0.2, -0.15) is 0 Å². The van der Waals surface area contributed by atoms with E-state index >= 15 is 0 Å². The van der Waals surface area contributed by atoms with Gasteiger partial charge in [0.15, 0.2) is 8.32 Å². The molecule has 1 rings (SSSR count). The summed E-state index contributed by atoms with van der Waals surface area (Å²) in [6.45, 7) is 12.8. The Morgan fingerprint density at radius 2 is 2.00 bits per heavy atom. The molecule has 1 heterocycles. The van der Waals surface area contributed by atoms with Crippen LogP contribution < -0.4 is 0 Å². The van der Waals surface area contributed by atoms with E-state index in [9.17, 15) is 4.79 Å². The normalized spacial score (nSPS) is 14.2. The zero-order valence-corrected chi connectivity index (χ0v) is 13.5. The number of nitrogens with zero attached hydrogens (tertiary/aromatic N) is 1. The maximum absolute atomic E-state index is 11.0. The largest absolute Gasteiger partial charge is 0.478 e. The lowest BCUT2D eigenvalue weighted by atomic mass is 10.2. The number of carboxylic acid groups (broad SMARTS) is 1. The average molecular weight is 281 g/mol. The van der Waals surface area contributed by atoms with Gasteiger partial charge in [0.25, 0.3) is 0 Å². The van der Waals surface area contributed by atoms with Gasteiger partial charge in [0.2, 0.25) is 0 Å². The average Bonchev–Trinajstić information content (AvgIpc) is 2.27. The number of carbonyl (C=O) groups is 1. The summed E-state index contributed by atoms with van der Waals surface area (Å²) < 4.78 is 6.21. The van der Waals surface area contributed by atoms with Crippen molar-refractivity contribution in [2.24, 2.45) is 0 Å². The van der Waals surface area contributed by atoms with Crippen molar-refractivity contribution < 1.29 is 14.3 Å². The van der Waals surface area contributed by atoms with Crippen LogP contribution in [0.2, 0.25) is 18.1 Å². The molecule has 0 amide bonds. The second-order valence-electron chi connectivity index (χ2n) is 6.29. The van der Waals surface area contributed by atoms with Crippen LogP contribution in [0, 0.1) is 0 Å². The number of hydrogen-bond acceptors (Lipinski definition) is 3. The van der Waals surface area contributed by atoms with E-state index in [4.69, 9.17) is 9.53 Å². The Labute approximate surface area is 116 Å². The molecule has 0 saturated heterocycles. The molecule has 0 aliphatic rings. The van der Waals surface area contributed by atoms with Crippen molar-refractivity contribution in [3.05, 3.63) is 29.6 Å². The first-order valence-electron chi connectivity index (χ1n) is 6.41. The monoisotopic (exact) mass is 281 g/mol. The van der Waals surface area contributed by atoms with E-state index in [0.29, 0.717) is 5.69 Å². The fourth-order valence-electron chi connectivity index (χ4n) is 1.48. The molecule has 5 heteroatoms. The van der Waals surface area contributed by atoms with Gasteiger partial charge in [-0.25, -0.2) is 4.79 Å². The molecule has 0 bridgehead atoms. The van der Waals surface area contributed by atoms with Crippen LogP contribution in [0.3, 0.4) is 0 Å². The summed E-state index contributed by atoms with van der Waals surface area (Å²) in [6, 6.07) is 3.07. The highest BCUT2D eigenvalue weighted by atomic mass is 28.4. The number of hydrogen-bond donors (Lipinski definition) is 1. The molecule has 0 aromatic carbocycles. The van der Waals surface area contributed by atoms with Crippen LogP contribution in [-0.2, 0) is 4.43 Å². The Kier molecular flexibility index (Phi) is 4.53. The Hall–Kier alpha value is -1.20. The van der Waals surface area contributed by atoms with Crippen LogP contribution in [0.5, 0.6) is 0 Å². The smallest absolute Gasteiger partial charge is 0.335 e. The van der Waals surface area contributed by atoms with Crippen molar-refractivity contribution in [1.82, 2.24) is 4.98 Å². The van der Waals surface area contributed by atoms with Gasteiger partial charge in [-0.3, -0.25) is 4.98 Å². The van der Waals surface area contributed by atoms with Crippen molar-refractivity contribution in [1.29, 1.82) is 0 Å². The molecule has 1 aromatic heterocycles. The zero-order chi connectivity index (χ0) is 14.8. The lowest BCUT2D eigenvalue weighted by Crippen LogP contribution is -2.41. The standard InChI is InChI=1S/C14H23NO3Si/c1-10(18-19(5,6)14(2,3)4)12-9-11(13(16)17)7-8-15-12/h7-10H,1-6H3,(H,16,17). The van der Waals surface area contributed by atoms with E-state index in [-0.39, 0.29) is 16.7 Å². The third kappa shape index (κ3) is 3.88. The zero-order valence-electron chi connectivity index (χ0n) is 12.5. The lowest BCUT2D eigenvalue weighted by Gasteiger charge is -2.38. The van der Waals surface area contributed by atoms with Crippen molar-refractivity contribution in [3.63, 3.8) is 0 Å². The number of aromatic nitrogens is 1. The maximum atomic E-state index is 11.0. The minimum Gasteiger partial charge on any atom is -0.478 e. The molecule has 1 unspecified atom stereocenters. The molecule has 0 radical (unpaired) electrons. The van der Waals surface area contributed by atoms with E-state index in [1.807, 2.05) is 6.92 Å². The Bertz CT molecular complexity index is 466. The van der Waals surface area contributed by atoms with Gasteiger partial charge in [0.1, 0.15) is 0 Å². The number of rotatable bonds is 4. The number of carboxylic acids is 1. The number of pyridine rings is 1. The van der Waals surface area contributed by atoms with Crippen LogP contribution in [-0.4, -0.2) is 24.4 Å². The Morgan fingerprint density at radius 1 is 1.42 bits per heavy atom. The van der Waals surface area contributed by atoms with Crippen LogP contribution in [0.1, 0.15) is 49.9 Å². The molecule has 19 heavy (non-hydrogen) atoms. The third-order valence-electron chi connectivity index (χ3n) is 3.72. The van der Waals surface area contributed by atoms with Crippen molar-refractivity contribution in [2.75, 3.05) is 0 Å². The van der Waals surface area contributed by atoms with E-state index in [0.717, 1.165) is 0 Å². The first-order valence-corrected chi connectivity index (χ1v) is 9.32. The highest BCUT2D eigenvalue weighted by Crippen LogP contribution is 2.39. The highest BCUT2D eigenvalue weighted by Gasteiger charge is 2.38. The third-order valence-corrected chi connectivity index (χ3v) is 8.28. The molecule has 1 atom stereocenters. The molecule has 0 fully saturated rings. The summed E-state index contributed by atoms with van der Waals surface area (Å²) in [7, 11) is -1.88. The molecule has 1 aromatic rings. The molecular formula is C14H23NO3Si. The first kappa shape index (κ1) is 15.9. The SMILES string of the molecule is CC(O[Si](C)(C)C(C)(C)C)c1cc(C(=O)O)ccn1. The lowest BCUT2D eigenvalue weighted by molar-refractivity contribution is 0.0696. The van der Waals surface area contributed by atoms with Crippen molar-refractivity contribution in [3.8, 4) is 0 Å². The van der Waals surface area contributed by atoms with E-state index < -0.39 is 14.3 Å². The van der Waals surface area contributed by atoms with Gasteiger partial charge in [0, 0.05) is 6.20 Å².